The third-order valence-electron chi connectivity index (χ3n) is 2.65. The lowest BCUT2D eigenvalue weighted by atomic mass is 9.89. The van der Waals surface area contributed by atoms with Gasteiger partial charge in [0.25, 0.3) is 0 Å². The van der Waals surface area contributed by atoms with E-state index in [-0.39, 0.29) is 0 Å². The standard InChI is InChI=1S/C8H16O8/c9-1-3-5(12)6(13)7(14)8(15,16-3)4(11)2-10/h3-7,9-15H,1-2H2/t3-,4-,5+,6+,7-,8-/m0/s1. The monoisotopic (exact) mass is 240 g/mol. The lowest BCUT2D eigenvalue weighted by Crippen LogP contribution is -2.69. The summed E-state index contributed by atoms with van der Waals surface area (Å²) < 4.78 is 4.71. The third-order valence-corrected chi connectivity index (χ3v) is 2.65. The van der Waals surface area contributed by atoms with Crippen LogP contribution in [0.1, 0.15) is 0 Å². The molecule has 1 saturated heterocycles. The van der Waals surface area contributed by atoms with Crippen LogP contribution >= 0.6 is 0 Å². The van der Waals surface area contributed by atoms with Crippen LogP contribution in [0, 0.1) is 0 Å². The van der Waals surface area contributed by atoms with Gasteiger partial charge in [0.2, 0.25) is 5.79 Å². The minimum Gasteiger partial charge on any atom is -0.394 e. The lowest BCUT2D eigenvalue weighted by molar-refractivity contribution is -0.378. The number of hydrogen-bond acceptors (Lipinski definition) is 8. The molecule has 1 fully saturated rings. The van der Waals surface area contributed by atoms with Gasteiger partial charge >= 0.3 is 0 Å². The number of hydrogen-bond donors (Lipinski definition) is 7. The Morgan fingerprint density at radius 1 is 1.12 bits per heavy atom. The van der Waals surface area contributed by atoms with E-state index in [1.54, 1.807) is 0 Å². The van der Waals surface area contributed by atoms with Crippen LogP contribution in [-0.4, -0.2) is 85.3 Å². The maximum atomic E-state index is 9.73. The van der Waals surface area contributed by atoms with Crippen molar-refractivity contribution >= 4 is 0 Å². The van der Waals surface area contributed by atoms with Crippen LogP contribution in [-0.2, 0) is 4.74 Å². The highest BCUT2D eigenvalue weighted by molar-refractivity contribution is 4.99. The quantitative estimate of drug-likeness (QED) is 0.261. The van der Waals surface area contributed by atoms with Crippen molar-refractivity contribution in [1.29, 1.82) is 0 Å². The summed E-state index contributed by atoms with van der Waals surface area (Å²) in [6.07, 6.45) is -8.67. The van der Waals surface area contributed by atoms with Gasteiger partial charge in [-0.2, -0.15) is 0 Å². The van der Waals surface area contributed by atoms with E-state index in [1.165, 1.54) is 0 Å². The van der Waals surface area contributed by atoms with Crippen molar-refractivity contribution in [2.45, 2.75) is 36.3 Å². The van der Waals surface area contributed by atoms with Gasteiger partial charge in [0.15, 0.2) is 0 Å². The summed E-state index contributed by atoms with van der Waals surface area (Å²) in [4.78, 5) is 0. The molecule has 1 rings (SSSR count). The first-order chi connectivity index (χ1) is 7.38. The number of ether oxygens (including phenoxy) is 1. The Kier molecular flexibility index (Phi) is 4.21. The predicted octanol–water partition coefficient (Wildman–Crippen LogP) is -4.50. The highest BCUT2D eigenvalue weighted by atomic mass is 16.7. The van der Waals surface area contributed by atoms with Gasteiger partial charge in [-0.05, 0) is 0 Å². The molecule has 16 heavy (non-hydrogen) atoms. The van der Waals surface area contributed by atoms with Crippen molar-refractivity contribution < 1.29 is 40.5 Å². The van der Waals surface area contributed by atoms with Crippen molar-refractivity contribution in [1.82, 2.24) is 0 Å². The van der Waals surface area contributed by atoms with Gasteiger partial charge in [0, 0.05) is 0 Å². The normalized spacial score (nSPS) is 46.7. The average Bonchev–Trinajstić information content (AvgIpc) is 2.30. The van der Waals surface area contributed by atoms with Crippen molar-refractivity contribution in [3.05, 3.63) is 0 Å². The van der Waals surface area contributed by atoms with E-state index < -0.39 is 49.5 Å². The van der Waals surface area contributed by atoms with Gasteiger partial charge < -0.3 is 40.5 Å². The fraction of sp³-hybridized carbons (Fsp3) is 1.00. The molecule has 7 N–H and O–H groups in total. The summed E-state index contributed by atoms with van der Waals surface area (Å²) >= 11 is 0. The van der Waals surface area contributed by atoms with Crippen LogP contribution in [0.15, 0.2) is 0 Å². The second-order valence-corrected chi connectivity index (χ2v) is 3.72. The van der Waals surface area contributed by atoms with E-state index in [1.807, 2.05) is 0 Å². The molecule has 1 heterocycles. The highest BCUT2D eigenvalue weighted by Crippen LogP contribution is 2.30. The summed E-state index contributed by atoms with van der Waals surface area (Å²) in [6.45, 7) is -1.65. The van der Waals surface area contributed by atoms with Crippen LogP contribution in [0.4, 0.5) is 0 Å². The first kappa shape index (κ1) is 13.7. The van der Waals surface area contributed by atoms with E-state index in [4.69, 9.17) is 14.9 Å². The first-order valence-corrected chi connectivity index (χ1v) is 4.72. The Labute approximate surface area is 91.0 Å². The van der Waals surface area contributed by atoms with Gasteiger partial charge in [0.05, 0.1) is 13.2 Å². The zero-order valence-electron chi connectivity index (χ0n) is 8.34. The van der Waals surface area contributed by atoms with Crippen LogP contribution in [0.25, 0.3) is 0 Å². The minimum atomic E-state index is -2.64. The smallest absolute Gasteiger partial charge is 0.224 e. The van der Waals surface area contributed by atoms with E-state index in [9.17, 15) is 25.5 Å². The van der Waals surface area contributed by atoms with E-state index >= 15 is 0 Å². The fourth-order valence-electron chi connectivity index (χ4n) is 1.58. The Morgan fingerprint density at radius 2 is 1.69 bits per heavy atom. The molecule has 8 heteroatoms. The van der Waals surface area contributed by atoms with Gasteiger partial charge in [-0.25, -0.2) is 0 Å². The fourth-order valence-corrected chi connectivity index (χ4v) is 1.58. The molecule has 0 bridgehead atoms. The molecule has 0 aromatic heterocycles. The second kappa shape index (κ2) is 4.90. The molecule has 0 spiro atoms. The summed E-state index contributed by atoms with van der Waals surface area (Å²) in [5.41, 5.74) is 0. The number of aliphatic hydroxyl groups excluding tert-OH is 6. The molecular weight excluding hydrogens is 224 g/mol. The van der Waals surface area contributed by atoms with Gasteiger partial charge in [0.1, 0.15) is 30.5 Å². The molecule has 0 amide bonds. The summed E-state index contributed by atoms with van der Waals surface area (Å²) in [7, 11) is 0. The van der Waals surface area contributed by atoms with Crippen molar-refractivity contribution in [2.75, 3.05) is 13.2 Å². The molecule has 0 aliphatic carbocycles. The molecule has 0 aromatic carbocycles. The molecule has 0 unspecified atom stereocenters. The first-order valence-electron chi connectivity index (χ1n) is 4.72. The van der Waals surface area contributed by atoms with Crippen molar-refractivity contribution in [2.24, 2.45) is 0 Å². The van der Waals surface area contributed by atoms with Gasteiger partial charge in [-0.3, -0.25) is 0 Å². The maximum absolute atomic E-state index is 9.73. The van der Waals surface area contributed by atoms with Gasteiger partial charge in [-0.1, -0.05) is 0 Å². The summed E-state index contributed by atoms with van der Waals surface area (Å²) in [5.74, 6) is -2.64. The molecule has 0 radical (unpaired) electrons. The van der Waals surface area contributed by atoms with Crippen LogP contribution in [0.2, 0.25) is 0 Å². The van der Waals surface area contributed by atoms with Gasteiger partial charge in [-0.15, -0.1) is 0 Å². The highest BCUT2D eigenvalue weighted by Gasteiger charge is 2.56. The predicted molar refractivity (Wildman–Crippen MR) is 48.0 cm³/mol. The molecule has 8 nitrogen and oxygen atoms in total. The zero-order chi connectivity index (χ0) is 12.5. The largest absolute Gasteiger partial charge is 0.394 e. The second-order valence-electron chi connectivity index (χ2n) is 3.72. The van der Waals surface area contributed by atoms with Crippen molar-refractivity contribution in [3.8, 4) is 0 Å². The number of aliphatic hydroxyl groups is 7. The molecule has 1 aliphatic heterocycles. The van der Waals surface area contributed by atoms with E-state index in [0.29, 0.717) is 0 Å². The molecule has 96 valence electrons. The minimum absolute atomic E-state index is 0.731. The van der Waals surface area contributed by atoms with Crippen LogP contribution in [0.5, 0.6) is 0 Å². The SMILES string of the molecule is OC[C@@H]1O[C@@](O)([C@@H](O)CO)[C@@H](O)[C@H](O)[C@@H]1O. The topological polar surface area (TPSA) is 151 Å². The van der Waals surface area contributed by atoms with Crippen molar-refractivity contribution in [3.63, 3.8) is 0 Å². The molecule has 0 saturated carbocycles. The maximum Gasteiger partial charge on any atom is 0.224 e. The van der Waals surface area contributed by atoms with E-state index in [0.717, 1.165) is 0 Å². The molecular formula is C8H16O8. The van der Waals surface area contributed by atoms with Crippen LogP contribution in [0.3, 0.4) is 0 Å². The molecule has 6 atom stereocenters. The Hall–Kier alpha value is -0.320. The Balaban J connectivity index is 2.93. The Bertz CT molecular complexity index is 234. The van der Waals surface area contributed by atoms with Crippen LogP contribution < -0.4 is 0 Å². The lowest BCUT2D eigenvalue weighted by Gasteiger charge is -2.46. The molecule has 0 aromatic rings. The summed E-state index contributed by atoms with van der Waals surface area (Å²) in [5, 5.41) is 64.7. The summed E-state index contributed by atoms with van der Waals surface area (Å²) in [6, 6.07) is 0. The molecule has 1 aliphatic rings. The third kappa shape index (κ3) is 2.06. The zero-order valence-corrected chi connectivity index (χ0v) is 8.34. The number of rotatable bonds is 3. The Morgan fingerprint density at radius 3 is 2.12 bits per heavy atom. The average molecular weight is 240 g/mol. The van der Waals surface area contributed by atoms with E-state index in [2.05, 4.69) is 0 Å².